The first-order valence-electron chi connectivity index (χ1n) is 6.21. The van der Waals surface area contributed by atoms with E-state index in [1.165, 1.54) is 0 Å². The summed E-state index contributed by atoms with van der Waals surface area (Å²) in [6, 6.07) is 2.19. The first-order valence-corrected chi connectivity index (χ1v) is 6.21. The van der Waals surface area contributed by atoms with Gasteiger partial charge < -0.3 is 11.1 Å². The molecule has 1 aromatic carbocycles. The summed E-state index contributed by atoms with van der Waals surface area (Å²) in [5.41, 5.74) is 3.66. The Morgan fingerprint density at radius 3 is 2.50 bits per heavy atom. The van der Waals surface area contributed by atoms with E-state index in [0.29, 0.717) is 31.6 Å². The van der Waals surface area contributed by atoms with Crippen LogP contribution in [0.15, 0.2) is 18.2 Å². The van der Waals surface area contributed by atoms with E-state index in [1.807, 2.05) is 0 Å². The summed E-state index contributed by atoms with van der Waals surface area (Å²) in [6.45, 7) is 0.901. The number of nitrogens with two attached hydrogens (primary N) is 1. The minimum atomic E-state index is -4.82. The van der Waals surface area contributed by atoms with Gasteiger partial charge in [-0.1, -0.05) is 6.42 Å². The van der Waals surface area contributed by atoms with E-state index in [-0.39, 0.29) is 5.56 Å². The Morgan fingerprint density at radius 1 is 1.20 bits per heavy atom. The monoisotopic (exact) mass is 292 g/mol. The van der Waals surface area contributed by atoms with Crippen molar-refractivity contribution in [2.24, 2.45) is 5.73 Å². The first kappa shape index (κ1) is 16.4. The smallest absolute Gasteiger partial charge is 0.352 e. The summed E-state index contributed by atoms with van der Waals surface area (Å²) in [6.07, 6.45) is -2.48. The maximum absolute atomic E-state index is 13.1. The van der Waals surface area contributed by atoms with Gasteiger partial charge in [-0.25, -0.2) is 4.39 Å². The highest BCUT2D eigenvalue weighted by molar-refractivity contribution is 5.94. The van der Waals surface area contributed by atoms with Crippen LogP contribution in [0.4, 0.5) is 17.6 Å². The van der Waals surface area contributed by atoms with Gasteiger partial charge in [0.15, 0.2) is 0 Å². The lowest BCUT2D eigenvalue weighted by Gasteiger charge is -2.10. The van der Waals surface area contributed by atoms with Crippen LogP contribution >= 0.6 is 0 Å². The third kappa shape index (κ3) is 4.80. The fourth-order valence-electron chi connectivity index (χ4n) is 1.63. The maximum atomic E-state index is 13.1. The lowest BCUT2D eigenvalue weighted by molar-refractivity contribution is -0.140. The molecule has 0 aromatic heterocycles. The Hall–Kier alpha value is -1.63. The lowest BCUT2D eigenvalue weighted by Crippen LogP contribution is -2.25. The number of hydrogen-bond donors (Lipinski definition) is 2. The Kier molecular flexibility index (Phi) is 5.94. The number of amides is 1. The summed E-state index contributed by atoms with van der Waals surface area (Å²) in [4.78, 5) is 11.6. The molecule has 0 aliphatic carbocycles. The molecule has 0 spiro atoms. The largest absolute Gasteiger partial charge is 0.419 e. The number of rotatable bonds is 6. The van der Waals surface area contributed by atoms with E-state index in [1.54, 1.807) is 0 Å². The van der Waals surface area contributed by atoms with Crippen molar-refractivity contribution in [2.75, 3.05) is 13.1 Å². The second-order valence-corrected chi connectivity index (χ2v) is 4.30. The van der Waals surface area contributed by atoms with Crippen molar-refractivity contribution in [2.45, 2.75) is 25.4 Å². The highest BCUT2D eigenvalue weighted by Crippen LogP contribution is 2.31. The van der Waals surface area contributed by atoms with Gasteiger partial charge in [0.2, 0.25) is 0 Å². The van der Waals surface area contributed by atoms with Gasteiger partial charge in [0.05, 0.1) is 5.56 Å². The summed E-state index contributed by atoms with van der Waals surface area (Å²) in [7, 11) is 0. The van der Waals surface area contributed by atoms with E-state index >= 15 is 0 Å². The molecule has 0 unspecified atom stereocenters. The van der Waals surface area contributed by atoms with Crippen LogP contribution in [-0.2, 0) is 6.18 Å². The molecule has 0 aliphatic heterocycles. The van der Waals surface area contributed by atoms with Gasteiger partial charge in [-0.3, -0.25) is 4.79 Å². The fourth-order valence-corrected chi connectivity index (χ4v) is 1.63. The average Bonchev–Trinajstić information content (AvgIpc) is 2.37. The number of nitrogens with one attached hydrogen (secondary N) is 1. The Bertz CT molecular complexity index is 460. The van der Waals surface area contributed by atoms with Gasteiger partial charge in [0.25, 0.3) is 5.91 Å². The van der Waals surface area contributed by atoms with Crippen LogP contribution in [0.3, 0.4) is 0 Å². The second kappa shape index (κ2) is 7.23. The zero-order valence-electron chi connectivity index (χ0n) is 10.8. The van der Waals surface area contributed by atoms with Gasteiger partial charge in [-0.2, -0.15) is 13.2 Å². The van der Waals surface area contributed by atoms with Crippen LogP contribution in [0.25, 0.3) is 0 Å². The summed E-state index contributed by atoms with van der Waals surface area (Å²) in [5, 5.41) is 2.49. The maximum Gasteiger partial charge on any atom is 0.419 e. The third-order valence-corrected chi connectivity index (χ3v) is 2.70. The zero-order valence-corrected chi connectivity index (χ0v) is 10.8. The Labute approximate surface area is 114 Å². The number of halogens is 4. The molecule has 20 heavy (non-hydrogen) atoms. The number of unbranched alkanes of at least 4 members (excludes halogenated alkanes) is 2. The van der Waals surface area contributed by atoms with Crippen molar-refractivity contribution in [1.82, 2.24) is 5.32 Å². The van der Waals surface area contributed by atoms with E-state index in [2.05, 4.69) is 5.32 Å². The number of hydrogen-bond acceptors (Lipinski definition) is 2. The van der Waals surface area contributed by atoms with E-state index in [0.717, 1.165) is 18.9 Å². The summed E-state index contributed by atoms with van der Waals surface area (Å²) >= 11 is 0. The summed E-state index contributed by atoms with van der Waals surface area (Å²) in [5.74, 6) is -2.04. The van der Waals surface area contributed by atoms with E-state index in [9.17, 15) is 22.4 Å². The molecule has 0 saturated heterocycles. The molecular formula is C13H16F4N2O. The number of carbonyl (C=O) groups is 1. The van der Waals surface area contributed by atoms with Crippen molar-refractivity contribution in [3.05, 3.63) is 35.1 Å². The molecule has 0 atom stereocenters. The van der Waals surface area contributed by atoms with Crippen LogP contribution in [0.5, 0.6) is 0 Å². The molecule has 0 fully saturated rings. The van der Waals surface area contributed by atoms with Gasteiger partial charge >= 0.3 is 6.18 Å². The van der Waals surface area contributed by atoms with Crippen LogP contribution in [0.2, 0.25) is 0 Å². The molecule has 0 saturated carbocycles. The van der Waals surface area contributed by atoms with Crippen molar-refractivity contribution >= 4 is 5.91 Å². The standard InChI is InChI=1S/C13H16F4N2O/c14-11-5-4-9(8-10(11)13(15,16)17)12(20)19-7-3-1-2-6-18/h4-5,8H,1-3,6-7,18H2,(H,19,20). The molecule has 3 N–H and O–H groups in total. The Balaban J connectivity index is 2.65. The normalized spacial score (nSPS) is 11.4. The van der Waals surface area contributed by atoms with Gasteiger partial charge in [0, 0.05) is 12.1 Å². The fraction of sp³-hybridized carbons (Fsp3) is 0.462. The third-order valence-electron chi connectivity index (χ3n) is 2.70. The molecule has 112 valence electrons. The predicted octanol–water partition coefficient (Wildman–Crippen LogP) is 2.70. The molecule has 0 bridgehead atoms. The zero-order chi connectivity index (χ0) is 15.2. The SMILES string of the molecule is NCCCCCNC(=O)c1ccc(F)c(C(F)(F)F)c1. The summed E-state index contributed by atoms with van der Waals surface area (Å²) < 4.78 is 50.6. The molecule has 3 nitrogen and oxygen atoms in total. The molecule has 1 amide bonds. The quantitative estimate of drug-likeness (QED) is 0.625. The van der Waals surface area contributed by atoms with Crippen LogP contribution < -0.4 is 11.1 Å². The van der Waals surface area contributed by atoms with Gasteiger partial charge in [-0.15, -0.1) is 0 Å². The predicted molar refractivity (Wildman–Crippen MR) is 66.6 cm³/mol. The van der Waals surface area contributed by atoms with Crippen molar-refractivity contribution in [3.8, 4) is 0 Å². The molecule has 7 heteroatoms. The molecule has 0 heterocycles. The topological polar surface area (TPSA) is 55.1 Å². The Morgan fingerprint density at radius 2 is 1.90 bits per heavy atom. The minimum Gasteiger partial charge on any atom is -0.352 e. The molecule has 1 aromatic rings. The molecule has 0 radical (unpaired) electrons. The number of carbonyl (C=O) groups excluding carboxylic acids is 1. The second-order valence-electron chi connectivity index (χ2n) is 4.30. The first-order chi connectivity index (χ1) is 9.36. The van der Waals surface area contributed by atoms with E-state index in [4.69, 9.17) is 5.73 Å². The van der Waals surface area contributed by atoms with E-state index < -0.39 is 23.5 Å². The van der Waals surface area contributed by atoms with Crippen LogP contribution in [0, 0.1) is 5.82 Å². The van der Waals surface area contributed by atoms with Crippen LogP contribution in [-0.4, -0.2) is 19.0 Å². The van der Waals surface area contributed by atoms with Crippen molar-refractivity contribution < 1.29 is 22.4 Å². The van der Waals surface area contributed by atoms with Gasteiger partial charge in [-0.05, 0) is 37.6 Å². The lowest BCUT2D eigenvalue weighted by atomic mass is 10.1. The number of benzene rings is 1. The van der Waals surface area contributed by atoms with Gasteiger partial charge in [0.1, 0.15) is 5.82 Å². The van der Waals surface area contributed by atoms with Crippen LogP contribution in [0.1, 0.15) is 35.2 Å². The molecular weight excluding hydrogens is 276 g/mol. The molecule has 0 aliphatic rings. The highest BCUT2D eigenvalue weighted by atomic mass is 19.4. The highest BCUT2D eigenvalue weighted by Gasteiger charge is 2.34. The molecule has 1 rings (SSSR count). The average molecular weight is 292 g/mol. The van der Waals surface area contributed by atoms with Crippen molar-refractivity contribution in [3.63, 3.8) is 0 Å². The minimum absolute atomic E-state index is 0.211. The van der Waals surface area contributed by atoms with Crippen molar-refractivity contribution in [1.29, 1.82) is 0 Å². The number of alkyl halides is 3.